The van der Waals surface area contributed by atoms with Gasteiger partial charge in [0.05, 0.1) is 18.9 Å². The molecular formula is C12H19N3O5. The zero-order valence-corrected chi connectivity index (χ0v) is 11.7. The molecule has 1 aromatic heterocycles. The van der Waals surface area contributed by atoms with Crippen molar-refractivity contribution in [3.63, 3.8) is 0 Å². The van der Waals surface area contributed by atoms with Crippen LogP contribution in [-0.4, -0.2) is 51.4 Å². The Morgan fingerprint density at radius 2 is 2.15 bits per heavy atom. The fourth-order valence-electron chi connectivity index (χ4n) is 1.66. The van der Waals surface area contributed by atoms with Gasteiger partial charge in [-0.2, -0.15) is 0 Å². The molecule has 0 aliphatic rings. The molecule has 2 atom stereocenters. The van der Waals surface area contributed by atoms with E-state index < -0.39 is 18.2 Å². The van der Waals surface area contributed by atoms with Crippen LogP contribution in [0.25, 0.3) is 0 Å². The van der Waals surface area contributed by atoms with Crippen molar-refractivity contribution in [2.24, 2.45) is 7.05 Å². The summed E-state index contributed by atoms with van der Waals surface area (Å²) in [7, 11) is 2.81. The number of imidazole rings is 1. The number of aliphatic hydroxyl groups is 2. The lowest BCUT2D eigenvalue weighted by Gasteiger charge is -2.15. The number of esters is 1. The van der Waals surface area contributed by atoms with E-state index in [4.69, 9.17) is 0 Å². The first-order chi connectivity index (χ1) is 9.36. The minimum absolute atomic E-state index is 0.0376. The second kappa shape index (κ2) is 7.01. The molecule has 0 saturated heterocycles. The molecule has 0 saturated carbocycles. The summed E-state index contributed by atoms with van der Waals surface area (Å²) < 4.78 is 5.96. The molecule has 0 aliphatic carbocycles. The van der Waals surface area contributed by atoms with Crippen molar-refractivity contribution in [2.45, 2.75) is 25.6 Å². The second-order valence-electron chi connectivity index (χ2n) is 4.38. The molecule has 0 bridgehead atoms. The Morgan fingerprint density at radius 3 is 2.70 bits per heavy atom. The highest BCUT2D eigenvalue weighted by Crippen LogP contribution is 2.18. The molecular weight excluding hydrogens is 266 g/mol. The number of carbonyl (C=O) groups is 2. The van der Waals surface area contributed by atoms with E-state index in [2.05, 4.69) is 15.0 Å². The zero-order valence-electron chi connectivity index (χ0n) is 11.7. The number of hydrogen-bond donors (Lipinski definition) is 3. The molecule has 0 radical (unpaired) electrons. The Hall–Kier alpha value is -1.93. The highest BCUT2D eigenvalue weighted by Gasteiger charge is 2.24. The van der Waals surface area contributed by atoms with Crippen molar-refractivity contribution in [1.29, 1.82) is 0 Å². The molecule has 1 rings (SSSR count). The van der Waals surface area contributed by atoms with E-state index in [-0.39, 0.29) is 30.4 Å². The van der Waals surface area contributed by atoms with Crippen LogP contribution in [0.5, 0.6) is 0 Å². The van der Waals surface area contributed by atoms with E-state index in [1.165, 1.54) is 24.8 Å². The van der Waals surface area contributed by atoms with Crippen molar-refractivity contribution < 1.29 is 24.5 Å². The molecule has 8 heteroatoms. The van der Waals surface area contributed by atoms with Gasteiger partial charge in [0.15, 0.2) is 0 Å². The number of aromatic nitrogens is 2. The number of hydrogen-bond acceptors (Lipinski definition) is 6. The monoisotopic (exact) mass is 285 g/mol. The highest BCUT2D eigenvalue weighted by atomic mass is 16.5. The van der Waals surface area contributed by atoms with Crippen LogP contribution in [0.4, 0.5) is 0 Å². The Labute approximate surface area is 116 Å². The third kappa shape index (κ3) is 4.04. The number of rotatable bonds is 6. The average Bonchev–Trinajstić information content (AvgIpc) is 2.78. The van der Waals surface area contributed by atoms with E-state index in [0.29, 0.717) is 0 Å². The summed E-state index contributed by atoms with van der Waals surface area (Å²) in [5.74, 6) is -0.799. The molecule has 3 N–H and O–H groups in total. The second-order valence-corrected chi connectivity index (χ2v) is 4.38. The highest BCUT2D eigenvalue weighted by molar-refractivity contribution is 5.85. The lowest BCUT2D eigenvalue weighted by molar-refractivity contribution is -0.119. The van der Waals surface area contributed by atoms with Gasteiger partial charge >= 0.3 is 5.97 Å². The van der Waals surface area contributed by atoms with Crippen LogP contribution in [-0.2, 0) is 16.6 Å². The minimum Gasteiger partial charge on any atom is -0.463 e. The van der Waals surface area contributed by atoms with E-state index in [9.17, 15) is 19.8 Å². The topological polar surface area (TPSA) is 114 Å². The molecule has 20 heavy (non-hydrogen) atoms. The Bertz CT molecular complexity index is 485. The van der Waals surface area contributed by atoms with Crippen molar-refractivity contribution in [2.75, 3.05) is 13.7 Å². The van der Waals surface area contributed by atoms with Crippen molar-refractivity contribution in [3.05, 3.63) is 17.7 Å². The van der Waals surface area contributed by atoms with Crippen molar-refractivity contribution >= 4 is 11.9 Å². The molecule has 112 valence electrons. The third-order valence-electron chi connectivity index (χ3n) is 2.74. The molecule has 1 amide bonds. The minimum atomic E-state index is -1.24. The largest absolute Gasteiger partial charge is 0.463 e. The zero-order chi connectivity index (χ0) is 15.3. The van der Waals surface area contributed by atoms with Crippen molar-refractivity contribution in [3.8, 4) is 0 Å². The maximum absolute atomic E-state index is 11.4. The van der Waals surface area contributed by atoms with Crippen LogP contribution in [0.15, 0.2) is 6.20 Å². The number of methoxy groups -OCH3 is 1. The number of nitrogens with one attached hydrogen (secondary N) is 1. The molecule has 1 heterocycles. The van der Waals surface area contributed by atoms with Crippen LogP contribution in [0.2, 0.25) is 0 Å². The van der Waals surface area contributed by atoms with Gasteiger partial charge in [0.1, 0.15) is 6.10 Å². The quantitative estimate of drug-likeness (QED) is 0.585. The normalized spacial score (nSPS) is 13.7. The van der Waals surface area contributed by atoms with Crippen LogP contribution in [0, 0.1) is 0 Å². The lowest BCUT2D eigenvalue weighted by atomic mass is 10.1. The van der Waals surface area contributed by atoms with Gasteiger partial charge in [-0.25, -0.2) is 9.78 Å². The lowest BCUT2D eigenvalue weighted by Crippen LogP contribution is -2.27. The van der Waals surface area contributed by atoms with Crippen LogP contribution >= 0.6 is 0 Å². The molecule has 0 aromatic carbocycles. The van der Waals surface area contributed by atoms with Gasteiger partial charge in [-0.05, 0) is 6.42 Å². The number of ether oxygens (including phenoxy) is 1. The van der Waals surface area contributed by atoms with Gasteiger partial charge < -0.3 is 24.8 Å². The fraction of sp³-hybridized carbons (Fsp3) is 0.583. The van der Waals surface area contributed by atoms with Crippen LogP contribution in [0.3, 0.4) is 0 Å². The summed E-state index contributed by atoms with van der Waals surface area (Å²) in [6.45, 7) is 1.61. The average molecular weight is 285 g/mol. The molecule has 0 aliphatic heterocycles. The van der Waals surface area contributed by atoms with Gasteiger partial charge in [0.25, 0.3) is 0 Å². The Balaban J connectivity index is 2.69. The van der Waals surface area contributed by atoms with Gasteiger partial charge in [0, 0.05) is 26.7 Å². The summed E-state index contributed by atoms with van der Waals surface area (Å²) in [5, 5.41) is 22.3. The van der Waals surface area contributed by atoms with Crippen molar-refractivity contribution in [1.82, 2.24) is 14.9 Å². The Morgan fingerprint density at radius 1 is 1.50 bits per heavy atom. The summed E-state index contributed by atoms with van der Waals surface area (Å²) in [6, 6.07) is 0. The summed E-state index contributed by atoms with van der Waals surface area (Å²) in [5.41, 5.74) is 0.170. The van der Waals surface area contributed by atoms with E-state index in [1.807, 2.05) is 0 Å². The predicted molar refractivity (Wildman–Crippen MR) is 68.8 cm³/mol. The number of aliphatic hydroxyl groups excluding tert-OH is 2. The first kappa shape index (κ1) is 16.1. The third-order valence-corrected chi connectivity index (χ3v) is 2.74. The maximum Gasteiger partial charge on any atom is 0.374 e. The summed E-state index contributed by atoms with van der Waals surface area (Å²) in [6.07, 6.45) is -0.723. The van der Waals surface area contributed by atoms with E-state index in [1.54, 1.807) is 7.05 Å². The van der Waals surface area contributed by atoms with E-state index in [0.717, 1.165) is 0 Å². The Kier molecular flexibility index (Phi) is 5.66. The van der Waals surface area contributed by atoms with Gasteiger partial charge in [-0.15, -0.1) is 0 Å². The molecule has 2 unspecified atom stereocenters. The standard InChI is InChI=1S/C12H19N3O5/c1-7(16)13-5-4-9(17)10(18)8-6-15(2)11(14-8)12(19)20-3/h6,9-10,17-18H,4-5H2,1-3H3,(H,13,16). The first-order valence-corrected chi connectivity index (χ1v) is 6.09. The van der Waals surface area contributed by atoms with Crippen LogP contribution < -0.4 is 5.32 Å². The summed E-state index contributed by atoms with van der Waals surface area (Å²) >= 11 is 0. The molecule has 1 aromatic rings. The maximum atomic E-state index is 11.4. The summed E-state index contributed by atoms with van der Waals surface area (Å²) in [4.78, 5) is 26.0. The van der Waals surface area contributed by atoms with Crippen LogP contribution in [0.1, 0.15) is 35.8 Å². The SMILES string of the molecule is COC(=O)c1nc(C(O)C(O)CCNC(C)=O)cn1C. The molecule has 0 fully saturated rings. The van der Waals surface area contributed by atoms with Gasteiger partial charge in [-0.1, -0.05) is 0 Å². The number of carbonyl (C=O) groups excluding carboxylic acids is 2. The van der Waals surface area contributed by atoms with E-state index >= 15 is 0 Å². The van der Waals surface area contributed by atoms with Gasteiger partial charge in [-0.3, -0.25) is 4.79 Å². The molecule has 0 spiro atoms. The fourth-order valence-corrected chi connectivity index (χ4v) is 1.66. The first-order valence-electron chi connectivity index (χ1n) is 6.09. The smallest absolute Gasteiger partial charge is 0.374 e. The number of nitrogens with zero attached hydrogens (tertiary/aromatic N) is 2. The predicted octanol–water partition coefficient (Wildman–Crippen LogP) is -0.873. The number of amides is 1. The molecule has 8 nitrogen and oxygen atoms in total. The number of aryl methyl sites for hydroxylation is 1. The van der Waals surface area contributed by atoms with Gasteiger partial charge in [0.2, 0.25) is 11.7 Å².